The summed E-state index contributed by atoms with van der Waals surface area (Å²) in [7, 11) is 0. The van der Waals surface area contributed by atoms with Crippen LogP contribution in [0.4, 0.5) is 5.69 Å². The predicted octanol–water partition coefficient (Wildman–Crippen LogP) is 1.75. The van der Waals surface area contributed by atoms with Gasteiger partial charge in [0.1, 0.15) is 0 Å². The van der Waals surface area contributed by atoms with Gasteiger partial charge in [-0.25, -0.2) is 4.68 Å². The summed E-state index contributed by atoms with van der Waals surface area (Å²) >= 11 is 0. The Labute approximate surface area is 183 Å². The zero-order valence-corrected chi connectivity index (χ0v) is 18.6. The van der Waals surface area contributed by atoms with Gasteiger partial charge in [0.05, 0.1) is 28.2 Å². The van der Waals surface area contributed by atoms with Crippen molar-refractivity contribution in [3.8, 4) is 5.69 Å². The van der Waals surface area contributed by atoms with E-state index in [0.717, 1.165) is 61.8 Å². The lowest BCUT2D eigenvalue weighted by atomic mass is 9.75. The maximum Gasteiger partial charge on any atom is 0.250 e. The molecule has 2 aromatic rings. The highest BCUT2D eigenvalue weighted by Gasteiger charge is 2.35. The van der Waals surface area contributed by atoms with Crippen LogP contribution in [0.3, 0.4) is 0 Å². The fraction of sp³-hybridized carbons (Fsp3) is 0.522. The van der Waals surface area contributed by atoms with Crippen molar-refractivity contribution in [2.75, 3.05) is 44.6 Å². The molecule has 8 nitrogen and oxygen atoms in total. The number of nitrogens with two attached hydrogens (primary N) is 1. The van der Waals surface area contributed by atoms with E-state index in [-0.39, 0.29) is 11.2 Å². The molecule has 0 radical (unpaired) electrons. The van der Waals surface area contributed by atoms with E-state index in [1.54, 1.807) is 6.07 Å². The molecule has 1 fully saturated rings. The van der Waals surface area contributed by atoms with Crippen LogP contribution in [0.2, 0.25) is 0 Å². The van der Waals surface area contributed by atoms with Crippen LogP contribution in [-0.2, 0) is 6.42 Å². The molecule has 166 valence electrons. The van der Waals surface area contributed by atoms with E-state index in [0.29, 0.717) is 24.2 Å². The van der Waals surface area contributed by atoms with Crippen LogP contribution in [0.25, 0.3) is 5.69 Å². The fourth-order valence-corrected chi connectivity index (χ4v) is 4.66. The smallest absolute Gasteiger partial charge is 0.250 e. The second kappa shape index (κ2) is 8.43. The Morgan fingerprint density at radius 2 is 2.00 bits per heavy atom. The molecule has 8 heteroatoms. The molecule has 0 saturated carbocycles. The van der Waals surface area contributed by atoms with E-state index in [1.807, 2.05) is 23.7 Å². The van der Waals surface area contributed by atoms with Crippen molar-refractivity contribution in [1.29, 1.82) is 0 Å². The van der Waals surface area contributed by atoms with Crippen LogP contribution in [0.1, 0.15) is 52.4 Å². The normalized spacial score (nSPS) is 18.6. The van der Waals surface area contributed by atoms with Gasteiger partial charge in [-0.05, 0) is 37.0 Å². The van der Waals surface area contributed by atoms with E-state index < -0.39 is 5.91 Å². The summed E-state index contributed by atoms with van der Waals surface area (Å²) in [5.41, 5.74) is 9.93. The molecule has 4 rings (SSSR count). The predicted molar refractivity (Wildman–Crippen MR) is 121 cm³/mol. The molecule has 2 heterocycles. The Morgan fingerprint density at radius 3 is 2.71 bits per heavy atom. The lowest BCUT2D eigenvalue weighted by Crippen LogP contribution is -2.45. The van der Waals surface area contributed by atoms with Gasteiger partial charge in [0.25, 0.3) is 5.91 Å². The Bertz CT molecular complexity index is 1000. The molecular formula is C23H32N6O2. The number of benzene rings is 1. The van der Waals surface area contributed by atoms with E-state index in [2.05, 4.69) is 34.5 Å². The third kappa shape index (κ3) is 4.50. The number of anilines is 1. The minimum absolute atomic E-state index is 0.105. The number of primary amides is 1. The number of hydrogen-bond donors (Lipinski definition) is 3. The van der Waals surface area contributed by atoms with Crippen molar-refractivity contribution in [2.45, 2.75) is 33.6 Å². The topological polar surface area (TPSA) is 105 Å². The highest BCUT2D eigenvalue weighted by atomic mass is 16.1. The number of nitrogens with one attached hydrogen (secondary N) is 2. The second-order valence-electron chi connectivity index (χ2n) is 9.37. The van der Waals surface area contributed by atoms with Crippen molar-refractivity contribution in [3.63, 3.8) is 0 Å². The number of piperazine rings is 1. The number of ketones is 1. The van der Waals surface area contributed by atoms with Crippen LogP contribution in [0, 0.1) is 12.3 Å². The first-order valence-corrected chi connectivity index (χ1v) is 11.0. The van der Waals surface area contributed by atoms with Crippen LogP contribution in [0.5, 0.6) is 0 Å². The van der Waals surface area contributed by atoms with Crippen molar-refractivity contribution < 1.29 is 9.59 Å². The number of Topliss-reactive ketones (excluding diaryl/α,β-unsaturated/α-hetero) is 1. The second-order valence-corrected chi connectivity index (χ2v) is 9.37. The van der Waals surface area contributed by atoms with Crippen LogP contribution >= 0.6 is 0 Å². The quantitative estimate of drug-likeness (QED) is 0.653. The van der Waals surface area contributed by atoms with Gasteiger partial charge in [0.15, 0.2) is 5.78 Å². The lowest BCUT2D eigenvalue weighted by Gasteiger charge is -2.29. The molecule has 31 heavy (non-hydrogen) atoms. The van der Waals surface area contributed by atoms with Gasteiger partial charge in [0.2, 0.25) is 0 Å². The van der Waals surface area contributed by atoms with Gasteiger partial charge in [-0.15, -0.1) is 0 Å². The highest BCUT2D eigenvalue weighted by Crippen LogP contribution is 2.37. The number of nitrogens with zero attached hydrogens (tertiary/aromatic N) is 3. The van der Waals surface area contributed by atoms with Crippen LogP contribution in [-0.4, -0.2) is 65.6 Å². The number of aromatic nitrogens is 2. The van der Waals surface area contributed by atoms with Gasteiger partial charge in [0, 0.05) is 51.4 Å². The van der Waals surface area contributed by atoms with Gasteiger partial charge >= 0.3 is 0 Å². The number of rotatable bonds is 6. The summed E-state index contributed by atoms with van der Waals surface area (Å²) in [6, 6.07) is 5.50. The fourth-order valence-electron chi connectivity index (χ4n) is 4.66. The molecule has 1 saturated heterocycles. The molecule has 2 aliphatic rings. The monoisotopic (exact) mass is 424 g/mol. The van der Waals surface area contributed by atoms with E-state index in [4.69, 9.17) is 5.73 Å². The van der Waals surface area contributed by atoms with Gasteiger partial charge < -0.3 is 16.4 Å². The highest BCUT2D eigenvalue weighted by molar-refractivity contribution is 6.00. The van der Waals surface area contributed by atoms with E-state index in [1.165, 1.54) is 0 Å². The SMILES string of the molecule is Cc1nn(-c2ccc(C(N)=O)c(NCCN3CCNCC3)c2)c2c1C(=O)CC(C)(C)C2. The molecule has 1 amide bonds. The average molecular weight is 425 g/mol. The summed E-state index contributed by atoms with van der Waals surface area (Å²) in [6.45, 7) is 11.8. The number of hydrogen-bond acceptors (Lipinski definition) is 6. The zero-order valence-electron chi connectivity index (χ0n) is 18.6. The largest absolute Gasteiger partial charge is 0.383 e. The van der Waals surface area contributed by atoms with Crippen molar-refractivity contribution in [1.82, 2.24) is 20.0 Å². The van der Waals surface area contributed by atoms with Gasteiger partial charge in [-0.2, -0.15) is 5.10 Å². The summed E-state index contributed by atoms with van der Waals surface area (Å²) < 4.78 is 1.86. The Balaban J connectivity index is 1.63. The molecule has 1 aromatic heterocycles. The Morgan fingerprint density at radius 1 is 1.26 bits per heavy atom. The summed E-state index contributed by atoms with van der Waals surface area (Å²) in [4.78, 5) is 27.1. The molecule has 1 aliphatic carbocycles. The third-order valence-electron chi connectivity index (χ3n) is 6.19. The first-order valence-electron chi connectivity index (χ1n) is 11.0. The first-order chi connectivity index (χ1) is 14.7. The maximum absolute atomic E-state index is 12.7. The van der Waals surface area contributed by atoms with Gasteiger partial charge in [-0.3, -0.25) is 14.5 Å². The first kappa shape index (κ1) is 21.5. The molecule has 1 aromatic carbocycles. The Kier molecular flexibility index (Phi) is 5.85. The van der Waals surface area contributed by atoms with Crippen LogP contribution < -0.4 is 16.4 Å². The number of amides is 1. The number of aryl methyl sites for hydroxylation is 1. The molecule has 4 N–H and O–H groups in total. The summed E-state index contributed by atoms with van der Waals surface area (Å²) in [5.74, 6) is -0.315. The van der Waals surface area contributed by atoms with Crippen molar-refractivity contribution >= 4 is 17.4 Å². The zero-order chi connectivity index (χ0) is 22.2. The number of fused-ring (bicyclic) bond motifs is 1. The summed E-state index contributed by atoms with van der Waals surface area (Å²) in [6.07, 6.45) is 1.31. The van der Waals surface area contributed by atoms with E-state index in [9.17, 15) is 9.59 Å². The summed E-state index contributed by atoms with van der Waals surface area (Å²) in [5, 5.41) is 11.4. The lowest BCUT2D eigenvalue weighted by molar-refractivity contribution is 0.0909. The third-order valence-corrected chi connectivity index (χ3v) is 6.19. The number of carbonyl (C=O) groups is 2. The van der Waals surface area contributed by atoms with E-state index >= 15 is 0 Å². The number of carbonyl (C=O) groups excluding carboxylic acids is 2. The molecule has 0 unspecified atom stereocenters. The average Bonchev–Trinajstić information content (AvgIpc) is 3.03. The molecule has 0 spiro atoms. The minimum Gasteiger partial charge on any atom is -0.383 e. The molecule has 0 bridgehead atoms. The van der Waals surface area contributed by atoms with Crippen molar-refractivity contribution in [2.24, 2.45) is 11.1 Å². The molecule has 0 atom stereocenters. The van der Waals surface area contributed by atoms with Crippen molar-refractivity contribution in [3.05, 3.63) is 40.7 Å². The standard InChI is InChI=1S/C23H32N6O2/c1-15-21-19(13-23(2,3)14-20(21)30)29(27-15)16-4-5-17(22(24)31)18(12-16)26-8-11-28-9-6-25-7-10-28/h4-5,12,25-26H,6-11,13-14H2,1-3H3,(H2,24,31). The Hall–Kier alpha value is -2.71. The maximum atomic E-state index is 12.7. The molecular weight excluding hydrogens is 392 g/mol. The van der Waals surface area contributed by atoms with Crippen LogP contribution in [0.15, 0.2) is 18.2 Å². The molecule has 1 aliphatic heterocycles. The van der Waals surface area contributed by atoms with Gasteiger partial charge in [-0.1, -0.05) is 13.8 Å². The minimum atomic E-state index is -0.466.